The van der Waals surface area contributed by atoms with Crippen molar-refractivity contribution >= 4 is 40.1 Å². The van der Waals surface area contributed by atoms with Crippen molar-refractivity contribution in [2.24, 2.45) is 0 Å². The number of aromatic nitrogens is 1. The molecule has 3 aromatic rings. The van der Waals surface area contributed by atoms with Gasteiger partial charge in [0.25, 0.3) is 0 Å². The molecule has 0 bridgehead atoms. The van der Waals surface area contributed by atoms with Gasteiger partial charge in [-0.25, -0.2) is 4.79 Å². The number of hydrogen-bond acceptors (Lipinski definition) is 5. The van der Waals surface area contributed by atoms with Gasteiger partial charge in [0.2, 0.25) is 11.7 Å². The lowest BCUT2D eigenvalue weighted by Crippen LogP contribution is -2.43. The normalized spacial score (nSPS) is 12.8. The summed E-state index contributed by atoms with van der Waals surface area (Å²) in [7, 11) is 4.53. The molecule has 0 unspecified atom stereocenters. The number of halogens is 1. The first-order valence-electron chi connectivity index (χ1n) is 10.8. The highest BCUT2D eigenvalue weighted by atomic mass is 35.5. The third kappa shape index (κ3) is 4.84. The minimum absolute atomic E-state index is 0.117. The van der Waals surface area contributed by atoms with Gasteiger partial charge in [-0.2, -0.15) is 0 Å². The summed E-state index contributed by atoms with van der Waals surface area (Å²) >= 11 is 6.14. The molecule has 3 amide bonds. The van der Waals surface area contributed by atoms with Crippen LogP contribution in [-0.2, 0) is 17.8 Å². The van der Waals surface area contributed by atoms with E-state index in [-0.39, 0.29) is 24.9 Å². The van der Waals surface area contributed by atoms with E-state index in [1.165, 1.54) is 26.9 Å². The zero-order valence-electron chi connectivity index (χ0n) is 19.3. The van der Waals surface area contributed by atoms with Crippen LogP contribution in [0.5, 0.6) is 17.2 Å². The summed E-state index contributed by atoms with van der Waals surface area (Å²) in [6.45, 7) is 1.28. The van der Waals surface area contributed by atoms with Gasteiger partial charge in [0, 0.05) is 58.9 Å². The fourth-order valence-electron chi connectivity index (χ4n) is 4.16. The third-order valence-electron chi connectivity index (χ3n) is 5.80. The van der Waals surface area contributed by atoms with E-state index in [9.17, 15) is 9.59 Å². The van der Waals surface area contributed by atoms with E-state index in [0.717, 1.165) is 23.0 Å². The van der Waals surface area contributed by atoms with E-state index in [0.29, 0.717) is 41.0 Å². The van der Waals surface area contributed by atoms with Crippen LogP contribution in [0.4, 0.5) is 10.5 Å². The maximum Gasteiger partial charge on any atom is 0.317 e. The van der Waals surface area contributed by atoms with Crippen molar-refractivity contribution in [1.29, 1.82) is 0 Å². The molecule has 0 spiro atoms. The molecule has 1 aliphatic heterocycles. The Morgan fingerprint density at radius 2 is 1.82 bits per heavy atom. The van der Waals surface area contributed by atoms with E-state index < -0.39 is 0 Å². The number of hydrogen-bond donors (Lipinski definition) is 3. The zero-order chi connectivity index (χ0) is 24.2. The van der Waals surface area contributed by atoms with E-state index in [2.05, 4.69) is 15.6 Å². The predicted octanol–water partition coefficient (Wildman–Crippen LogP) is 3.94. The van der Waals surface area contributed by atoms with E-state index in [1.807, 2.05) is 18.2 Å². The molecular weight excluding hydrogens is 460 g/mol. The third-order valence-corrected chi connectivity index (χ3v) is 6.04. The lowest BCUT2D eigenvalue weighted by molar-refractivity contribution is -0.116. The molecule has 0 saturated carbocycles. The van der Waals surface area contributed by atoms with Gasteiger partial charge in [0.1, 0.15) is 0 Å². The molecule has 0 fully saturated rings. The number of ether oxygens (including phenoxy) is 3. The number of fused-ring (bicyclic) bond motifs is 3. The Morgan fingerprint density at radius 1 is 1.09 bits per heavy atom. The lowest BCUT2D eigenvalue weighted by atomic mass is 10.0. The minimum atomic E-state index is -0.247. The van der Waals surface area contributed by atoms with Gasteiger partial charge < -0.3 is 34.7 Å². The number of aromatic amines is 1. The molecule has 10 heteroatoms. The smallest absolute Gasteiger partial charge is 0.317 e. The van der Waals surface area contributed by atoms with Crippen molar-refractivity contribution < 1.29 is 23.8 Å². The SMILES string of the molecule is COc1cc(NC(=O)CCNC(=O)N2CCc3c([nH]c4ccc(Cl)cc34)C2)cc(OC)c1OC. The first kappa shape index (κ1) is 23.6. The number of H-pyrrole nitrogens is 1. The summed E-state index contributed by atoms with van der Waals surface area (Å²) in [4.78, 5) is 30.2. The fourth-order valence-corrected chi connectivity index (χ4v) is 4.33. The van der Waals surface area contributed by atoms with Gasteiger partial charge in [-0.05, 0) is 30.2 Å². The Hall–Kier alpha value is -3.59. The topological polar surface area (TPSA) is 105 Å². The Bertz CT molecular complexity index is 1200. The van der Waals surface area contributed by atoms with Crippen LogP contribution in [0.15, 0.2) is 30.3 Å². The van der Waals surface area contributed by atoms with Crippen LogP contribution in [0, 0.1) is 0 Å². The molecular formula is C24H27ClN4O5. The molecule has 180 valence electrons. The zero-order valence-corrected chi connectivity index (χ0v) is 20.0. The van der Waals surface area contributed by atoms with Crippen LogP contribution in [-0.4, -0.2) is 56.2 Å². The number of benzene rings is 2. The first-order valence-corrected chi connectivity index (χ1v) is 11.2. The summed E-state index contributed by atoms with van der Waals surface area (Å²) in [6.07, 6.45) is 0.858. The summed E-state index contributed by atoms with van der Waals surface area (Å²) in [5, 5.41) is 7.42. The minimum Gasteiger partial charge on any atom is -0.493 e. The number of carbonyl (C=O) groups is 2. The van der Waals surface area contributed by atoms with E-state index in [4.69, 9.17) is 25.8 Å². The number of amides is 3. The molecule has 0 saturated heterocycles. The number of urea groups is 1. The second kappa shape index (κ2) is 10.1. The number of carbonyl (C=O) groups excluding carboxylic acids is 2. The van der Waals surface area contributed by atoms with E-state index in [1.54, 1.807) is 17.0 Å². The average molecular weight is 487 g/mol. The van der Waals surface area contributed by atoms with Gasteiger partial charge in [-0.3, -0.25) is 4.79 Å². The monoisotopic (exact) mass is 486 g/mol. The first-order chi connectivity index (χ1) is 16.4. The Labute approximate surface area is 202 Å². The number of nitrogens with one attached hydrogen (secondary N) is 3. The molecule has 0 aliphatic carbocycles. The highest BCUT2D eigenvalue weighted by Crippen LogP contribution is 2.40. The van der Waals surface area contributed by atoms with Gasteiger partial charge in [-0.1, -0.05) is 11.6 Å². The molecule has 3 N–H and O–H groups in total. The van der Waals surface area contributed by atoms with Crippen molar-refractivity contribution in [2.75, 3.05) is 39.7 Å². The molecule has 34 heavy (non-hydrogen) atoms. The standard InChI is InChI=1S/C24H27ClN4O5/c1-32-20-11-15(12-21(33-2)23(20)34-3)27-22(30)6-8-26-24(31)29-9-7-16-17-10-14(25)4-5-18(17)28-19(16)13-29/h4-5,10-12,28H,6-9,13H2,1-3H3,(H,26,31)(H,27,30). The number of methoxy groups -OCH3 is 3. The molecule has 0 radical (unpaired) electrons. The Morgan fingerprint density at radius 3 is 2.50 bits per heavy atom. The maximum atomic E-state index is 12.7. The van der Waals surface area contributed by atoms with Crippen LogP contribution < -0.4 is 24.8 Å². The average Bonchev–Trinajstić information content (AvgIpc) is 3.20. The second-order valence-corrected chi connectivity index (χ2v) is 8.32. The van der Waals surface area contributed by atoms with Crippen LogP contribution >= 0.6 is 11.6 Å². The van der Waals surface area contributed by atoms with Crippen LogP contribution in [0.2, 0.25) is 5.02 Å². The molecule has 4 rings (SSSR count). The van der Waals surface area contributed by atoms with Crippen molar-refractivity contribution in [1.82, 2.24) is 15.2 Å². The van der Waals surface area contributed by atoms with Crippen LogP contribution in [0.25, 0.3) is 10.9 Å². The highest BCUT2D eigenvalue weighted by Gasteiger charge is 2.24. The lowest BCUT2D eigenvalue weighted by Gasteiger charge is -2.27. The summed E-state index contributed by atoms with van der Waals surface area (Å²) < 4.78 is 15.9. The molecule has 1 aliphatic rings. The van der Waals surface area contributed by atoms with Crippen molar-refractivity contribution in [3.05, 3.63) is 46.6 Å². The maximum absolute atomic E-state index is 12.7. The summed E-state index contributed by atoms with van der Waals surface area (Å²) in [5.74, 6) is 1.07. The van der Waals surface area contributed by atoms with Crippen LogP contribution in [0.3, 0.4) is 0 Å². The highest BCUT2D eigenvalue weighted by molar-refractivity contribution is 6.31. The van der Waals surface area contributed by atoms with Crippen molar-refractivity contribution in [3.63, 3.8) is 0 Å². The quantitative estimate of drug-likeness (QED) is 0.469. The number of rotatable bonds is 7. The predicted molar refractivity (Wildman–Crippen MR) is 130 cm³/mol. The van der Waals surface area contributed by atoms with Gasteiger partial charge in [0.05, 0.1) is 27.9 Å². The summed E-state index contributed by atoms with van der Waals surface area (Å²) in [6, 6.07) is 8.84. The Kier molecular flexibility index (Phi) is 7.02. The number of anilines is 1. The fraction of sp³-hybridized carbons (Fsp3) is 0.333. The number of nitrogens with zero attached hydrogens (tertiary/aromatic N) is 1. The Balaban J connectivity index is 1.30. The molecule has 1 aromatic heterocycles. The van der Waals surface area contributed by atoms with Crippen molar-refractivity contribution in [3.8, 4) is 17.2 Å². The van der Waals surface area contributed by atoms with Gasteiger partial charge in [-0.15, -0.1) is 0 Å². The van der Waals surface area contributed by atoms with E-state index >= 15 is 0 Å². The van der Waals surface area contributed by atoms with Gasteiger partial charge >= 0.3 is 6.03 Å². The van der Waals surface area contributed by atoms with Crippen molar-refractivity contribution in [2.45, 2.75) is 19.4 Å². The second-order valence-electron chi connectivity index (χ2n) is 7.89. The van der Waals surface area contributed by atoms with Crippen LogP contribution in [0.1, 0.15) is 17.7 Å². The molecule has 9 nitrogen and oxygen atoms in total. The molecule has 0 atom stereocenters. The summed E-state index contributed by atoms with van der Waals surface area (Å²) in [5.41, 5.74) is 3.73. The molecule has 2 heterocycles. The largest absolute Gasteiger partial charge is 0.493 e. The molecule has 2 aromatic carbocycles. The van der Waals surface area contributed by atoms with Gasteiger partial charge in [0.15, 0.2) is 11.5 Å².